The molecule has 1 N–H and O–H groups in total. The van der Waals surface area contributed by atoms with Crippen LogP contribution in [0.25, 0.3) is 11.5 Å². The molecule has 0 aliphatic heterocycles. The van der Waals surface area contributed by atoms with Gasteiger partial charge in [0.2, 0.25) is 5.13 Å². The second-order valence-corrected chi connectivity index (χ2v) is 6.23. The van der Waals surface area contributed by atoms with Crippen LogP contribution < -0.4 is 5.32 Å². The Morgan fingerprint density at radius 2 is 2.12 bits per heavy atom. The molecule has 2 rings (SSSR count). The first-order valence-electron chi connectivity index (χ1n) is 4.98. The minimum absolute atomic E-state index is 0.345. The van der Waals surface area contributed by atoms with E-state index < -0.39 is 0 Å². The molecule has 0 radical (unpaired) electrons. The Balaban J connectivity index is 2.30. The van der Waals surface area contributed by atoms with Crippen LogP contribution in [0.15, 0.2) is 21.2 Å². The highest BCUT2D eigenvalue weighted by atomic mass is 79.9. The van der Waals surface area contributed by atoms with Gasteiger partial charge in [-0.1, -0.05) is 0 Å². The second-order valence-electron chi connectivity index (χ2n) is 3.71. The van der Waals surface area contributed by atoms with Crippen LogP contribution in [-0.2, 0) is 0 Å². The molecule has 2 heterocycles. The Labute approximate surface area is 120 Å². The SMILES string of the molecule is CC(C)Nc1nc(-c2ncc(Br)cc2Br)ns1. The lowest BCUT2D eigenvalue weighted by Gasteiger charge is -2.03. The number of rotatable bonds is 3. The molecule has 90 valence electrons. The van der Waals surface area contributed by atoms with Crippen molar-refractivity contribution in [3.8, 4) is 11.5 Å². The van der Waals surface area contributed by atoms with E-state index >= 15 is 0 Å². The molecule has 7 heteroatoms. The molecule has 0 aliphatic rings. The molecule has 0 bridgehead atoms. The molecule has 17 heavy (non-hydrogen) atoms. The van der Waals surface area contributed by atoms with Gasteiger partial charge in [0.25, 0.3) is 0 Å². The van der Waals surface area contributed by atoms with Crippen molar-refractivity contribution in [1.82, 2.24) is 14.3 Å². The molecule has 0 aromatic carbocycles. The van der Waals surface area contributed by atoms with E-state index in [1.54, 1.807) is 6.20 Å². The third-order valence-corrected chi connectivity index (χ3v) is 3.54. The first-order chi connectivity index (χ1) is 8.06. The minimum Gasteiger partial charge on any atom is -0.358 e. The summed E-state index contributed by atoms with van der Waals surface area (Å²) in [4.78, 5) is 8.70. The average Bonchev–Trinajstić information content (AvgIpc) is 2.65. The van der Waals surface area contributed by atoms with Crippen molar-refractivity contribution < 1.29 is 0 Å². The zero-order valence-corrected chi connectivity index (χ0v) is 13.2. The van der Waals surface area contributed by atoms with Gasteiger partial charge in [0.15, 0.2) is 5.82 Å². The monoisotopic (exact) mass is 376 g/mol. The molecule has 0 unspecified atom stereocenters. The fraction of sp³-hybridized carbons (Fsp3) is 0.300. The molecule has 2 aromatic rings. The van der Waals surface area contributed by atoms with Crippen LogP contribution in [0.1, 0.15) is 13.8 Å². The average molecular weight is 378 g/mol. The van der Waals surface area contributed by atoms with Crippen molar-refractivity contribution in [3.05, 3.63) is 21.2 Å². The molecule has 0 saturated carbocycles. The fourth-order valence-corrected chi connectivity index (χ4v) is 3.09. The zero-order chi connectivity index (χ0) is 12.4. The maximum absolute atomic E-state index is 4.40. The molecular weight excluding hydrogens is 368 g/mol. The first-order valence-corrected chi connectivity index (χ1v) is 7.34. The lowest BCUT2D eigenvalue weighted by atomic mass is 10.3. The molecule has 0 fully saturated rings. The molecule has 2 aromatic heterocycles. The smallest absolute Gasteiger partial charge is 0.203 e. The Morgan fingerprint density at radius 3 is 2.76 bits per heavy atom. The number of halogens is 2. The number of hydrogen-bond donors (Lipinski definition) is 1. The molecule has 4 nitrogen and oxygen atoms in total. The van der Waals surface area contributed by atoms with Gasteiger partial charge in [0, 0.05) is 32.7 Å². The van der Waals surface area contributed by atoms with Crippen molar-refractivity contribution in [2.75, 3.05) is 5.32 Å². The molecule has 0 atom stereocenters. The van der Waals surface area contributed by atoms with Gasteiger partial charge in [-0.3, -0.25) is 4.98 Å². The summed E-state index contributed by atoms with van der Waals surface area (Å²) in [6, 6.07) is 2.27. The largest absolute Gasteiger partial charge is 0.358 e. The van der Waals surface area contributed by atoms with Crippen LogP contribution in [-0.4, -0.2) is 20.4 Å². The number of aromatic nitrogens is 3. The van der Waals surface area contributed by atoms with E-state index in [1.807, 2.05) is 6.07 Å². The zero-order valence-electron chi connectivity index (χ0n) is 9.24. The summed E-state index contributed by atoms with van der Waals surface area (Å²) in [7, 11) is 0. The predicted octanol–water partition coefficient (Wildman–Crippen LogP) is 3.95. The minimum atomic E-state index is 0.345. The number of pyridine rings is 1. The van der Waals surface area contributed by atoms with Gasteiger partial charge in [0.1, 0.15) is 5.69 Å². The van der Waals surface area contributed by atoms with Gasteiger partial charge in [0.05, 0.1) is 0 Å². The molecule has 0 aliphatic carbocycles. The van der Waals surface area contributed by atoms with Crippen molar-refractivity contribution >= 4 is 48.5 Å². The van der Waals surface area contributed by atoms with Crippen molar-refractivity contribution in [2.45, 2.75) is 19.9 Å². The summed E-state index contributed by atoms with van der Waals surface area (Å²) < 4.78 is 6.09. The lowest BCUT2D eigenvalue weighted by Crippen LogP contribution is -2.09. The normalized spacial score (nSPS) is 10.9. The third-order valence-electron chi connectivity index (χ3n) is 1.86. The summed E-state index contributed by atoms with van der Waals surface area (Å²) in [5.74, 6) is 0.637. The van der Waals surface area contributed by atoms with E-state index in [9.17, 15) is 0 Å². The molecule has 0 amide bonds. The van der Waals surface area contributed by atoms with Crippen LogP contribution in [0.4, 0.5) is 5.13 Å². The highest BCUT2D eigenvalue weighted by Crippen LogP contribution is 2.28. The van der Waals surface area contributed by atoms with Gasteiger partial charge in [-0.2, -0.15) is 9.36 Å². The standard InChI is InChI=1S/C10H10Br2N4S/c1-5(2)14-10-15-9(16-17-10)8-7(12)3-6(11)4-13-8/h3-5H,1-2H3,(H,14,15,16). The summed E-state index contributed by atoms with van der Waals surface area (Å²) in [6.07, 6.45) is 1.73. The van der Waals surface area contributed by atoms with E-state index in [-0.39, 0.29) is 0 Å². The van der Waals surface area contributed by atoms with Gasteiger partial charge < -0.3 is 5.32 Å². The highest BCUT2D eigenvalue weighted by Gasteiger charge is 2.12. The summed E-state index contributed by atoms with van der Waals surface area (Å²) >= 11 is 8.16. The van der Waals surface area contributed by atoms with Crippen LogP contribution >= 0.6 is 43.4 Å². The summed E-state index contributed by atoms with van der Waals surface area (Å²) in [5, 5.41) is 4.03. The lowest BCUT2D eigenvalue weighted by molar-refractivity contribution is 0.896. The quantitative estimate of drug-likeness (QED) is 0.879. The second kappa shape index (κ2) is 5.41. The molecule has 0 spiro atoms. The van der Waals surface area contributed by atoms with E-state index in [2.05, 4.69) is 65.4 Å². The summed E-state index contributed by atoms with van der Waals surface area (Å²) in [6.45, 7) is 4.13. The van der Waals surface area contributed by atoms with Gasteiger partial charge in [-0.15, -0.1) is 0 Å². The maximum Gasteiger partial charge on any atom is 0.203 e. The van der Waals surface area contributed by atoms with Crippen LogP contribution in [0.5, 0.6) is 0 Å². The molecule has 0 saturated heterocycles. The highest BCUT2D eigenvalue weighted by molar-refractivity contribution is 9.11. The van der Waals surface area contributed by atoms with Crippen molar-refractivity contribution in [3.63, 3.8) is 0 Å². The summed E-state index contributed by atoms with van der Waals surface area (Å²) in [5.41, 5.74) is 0.751. The Kier molecular flexibility index (Phi) is 4.11. The van der Waals surface area contributed by atoms with Gasteiger partial charge >= 0.3 is 0 Å². The van der Waals surface area contributed by atoms with E-state index in [4.69, 9.17) is 0 Å². The van der Waals surface area contributed by atoms with E-state index in [0.29, 0.717) is 11.9 Å². The third kappa shape index (κ3) is 3.23. The van der Waals surface area contributed by atoms with Crippen LogP contribution in [0.2, 0.25) is 0 Å². The van der Waals surface area contributed by atoms with Crippen molar-refractivity contribution in [1.29, 1.82) is 0 Å². The number of nitrogens with zero attached hydrogens (tertiary/aromatic N) is 3. The number of hydrogen-bond acceptors (Lipinski definition) is 5. The van der Waals surface area contributed by atoms with Gasteiger partial charge in [-0.25, -0.2) is 0 Å². The van der Waals surface area contributed by atoms with Gasteiger partial charge in [-0.05, 0) is 51.8 Å². The van der Waals surface area contributed by atoms with E-state index in [1.165, 1.54) is 11.5 Å². The molecular formula is C10H10Br2N4S. The topological polar surface area (TPSA) is 50.7 Å². The Morgan fingerprint density at radius 1 is 1.35 bits per heavy atom. The Bertz CT molecular complexity index is 527. The number of nitrogens with one attached hydrogen (secondary N) is 1. The number of anilines is 1. The van der Waals surface area contributed by atoms with Crippen LogP contribution in [0.3, 0.4) is 0 Å². The van der Waals surface area contributed by atoms with E-state index in [0.717, 1.165) is 19.8 Å². The predicted molar refractivity (Wildman–Crippen MR) is 77.3 cm³/mol. The first kappa shape index (κ1) is 12.9. The van der Waals surface area contributed by atoms with Crippen LogP contribution in [0, 0.1) is 0 Å². The van der Waals surface area contributed by atoms with Crippen molar-refractivity contribution in [2.24, 2.45) is 0 Å². The maximum atomic E-state index is 4.40. The fourth-order valence-electron chi connectivity index (χ4n) is 1.20. The Hall–Kier alpha value is -0.530.